The molecule has 2 aromatic carbocycles. The largest absolute Gasteiger partial charge is 0.392 e. The zero-order valence-corrected chi connectivity index (χ0v) is 22.5. The average molecular weight is 527 g/mol. The first-order valence-electron chi connectivity index (χ1n) is 11.1. The van der Waals surface area contributed by atoms with Crippen LogP contribution >= 0.6 is 0 Å². The zero-order chi connectivity index (χ0) is 26.6. The highest BCUT2D eigenvalue weighted by molar-refractivity contribution is 7.90. The Morgan fingerprint density at radius 2 is 1.54 bits per heavy atom. The lowest BCUT2D eigenvalue weighted by Gasteiger charge is -2.21. The fourth-order valence-corrected chi connectivity index (χ4v) is 5.87. The van der Waals surface area contributed by atoms with Crippen molar-refractivity contribution in [2.45, 2.75) is 69.0 Å². The highest BCUT2D eigenvalue weighted by Crippen LogP contribution is 2.30. The summed E-state index contributed by atoms with van der Waals surface area (Å²) in [6.07, 6.45) is -0.159. The molecule has 0 aromatic heterocycles. The lowest BCUT2D eigenvalue weighted by atomic mass is 9.85. The number of methoxy groups -OCH3 is 1. The van der Waals surface area contributed by atoms with Gasteiger partial charge in [-0.1, -0.05) is 39.8 Å². The predicted octanol–water partition coefficient (Wildman–Crippen LogP) is 2.53. The van der Waals surface area contributed by atoms with Crippen LogP contribution in [-0.2, 0) is 49.2 Å². The normalized spacial score (nSPS) is 12.4. The minimum Gasteiger partial charge on any atom is -0.392 e. The number of hydrogen-bond donors (Lipinski definition) is 3. The van der Waals surface area contributed by atoms with Crippen LogP contribution in [0.1, 0.15) is 67.3 Å². The van der Waals surface area contributed by atoms with Crippen molar-refractivity contribution in [2.75, 3.05) is 14.2 Å². The number of nitrogens with one attached hydrogen (secondary N) is 2. The molecule has 2 aromatic rings. The van der Waals surface area contributed by atoms with E-state index in [-0.39, 0.29) is 33.6 Å². The van der Waals surface area contributed by atoms with E-state index in [4.69, 9.17) is 4.74 Å². The number of sulfonamides is 2. The van der Waals surface area contributed by atoms with Gasteiger partial charge in [0.15, 0.2) is 0 Å². The van der Waals surface area contributed by atoms with E-state index in [0.717, 1.165) is 40.5 Å². The molecule has 0 aliphatic carbocycles. The van der Waals surface area contributed by atoms with Crippen molar-refractivity contribution in [3.63, 3.8) is 0 Å². The molecule has 0 saturated heterocycles. The number of aliphatic hydroxyl groups excluding tert-OH is 1. The summed E-state index contributed by atoms with van der Waals surface area (Å²) in [6, 6.07) is 7.17. The fourth-order valence-electron chi connectivity index (χ4n) is 3.89. The molecule has 194 valence electrons. The van der Waals surface area contributed by atoms with Gasteiger partial charge in [0.2, 0.25) is 15.9 Å². The smallest absolute Gasteiger partial charge is 0.264 e. The molecule has 9 nitrogen and oxygen atoms in total. The van der Waals surface area contributed by atoms with Crippen molar-refractivity contribution < 1.29 is 31.5 Å². The van der Waals surface area contributed by atoms with Crippen molar-refractivity contribution in [3.8, 4) is 0 Å². The van der Waals surface area contributed by atoms with Crippen molar-refractivity contribution in [3.05, 3.63) is 58.1 Å². The van der Waals surface area contributed by atoms with E-state index in [2.05, 4.69) is 9.44 Å². The molecule has 0 atom stereocenters. The van der Waals surface area contributed by atoms with E-state index < -0.39 is 32.6 Å². The molecule has 0 heterocycles. The van der Waals surface area contributed by atoms with Gasteiger partial charge in [-0.3, -0.25) is 4.79 Å². The standard InChI is InChI=1S/C24H34N2O7S2/c1-15(2)20-9-17(14-33-6)10-21(16(3)4)22(20)12-24(28)26-35(31,32)23-8-7-19(11-18(23)13-27)34(29,30)25-5/h7-11,15-16,25,27H,12-14H2,1-6H3,(H,26,28). The Kier molecular flexibility index (Phi) is 9.60. The van der Waals surface area contributed by atoms with Gasteiger partial charge in [0.05, 0.1) is 29.4 Å². The summed E-state index contributed by atoms with van der Waals surface area (Å²) < 4.78 is 59.5. The van der Waals surface area contributed by atoms with Gasteiger partial charge in [0.1, 0.15) is 0 Å². The summed E-state index contributed by atoms with van der Waals surface area (Å²) in [6.45, 7) is 7.70. The maximum Gasteiger partial charge on any atom is 0.264 e. The summed E-state index contributed by atoms with van der Waals surface area (Å²) in [7, 11) is -5.38. The molecule has 1 amide bonds. The Morgan fingerprint density at radius 1 is 0.971 bits per heavy atom. The van der Waals surface area contributed by atoms with E-state index in [1.54, 1.807) is 7.11 Å². The molecule has 0 fully saturated rings. The second kappa shape index (κ2) is 11.6. The second-order valence-electron chi connectivity index (χ2n) is 8.84. The summed E-state index contributed by atoms with van der Waals surface area (Å²) in [5.41, 5.74) is 3.47. The molecule has 3 N–H and O–H groups in total. The average Bonchev–Trinajstić information content (AvgIpc) is 2.78. The molecule has 0 aliphatic heterocycles. The number of carbonyl (C=O) groups is 1. The maximum atomic E-state index is 13.0. The number of amides is 1. The molecule has 35 heavy (non-hydrogen) atoms. The van der Waals surface area contributed by atoms with E-state index in [0.29, 0.717) is 6.61 Å². The van der Waals surface area contributed by atoms with Crippen molar-refractivity contribution in [2.24, 2.45) is 0 Å². The molecule has 0 radical (unpaired) electrons. The Morgan fingerprint density at radius 3 is 2.00 bits per heavy atom. The lowest BCUT2D eigenvalue weighted by molar-refractivity contribution is -0.118. The third-order valence-corrected chi connectivity index (χ3v) is 8.48. The first kappa shape index (κ1) is 28.9. The van der Waals surface area contributed by atoms with Crippen LogP contribution in [0.25, 0.3) is 0 Å². The molecule has 2 rings (SSSR count). The zero-order valence-electron chi connectivity index (χ0n) is 20.9. The summed E-state index contributed by atoms with van der Waals surface area (Å²) >= 11 is 0. The fraction of sp³-hybridized carbons (Fsp3) is 0.458. The quantitative estimate of drug-likeness (QED) is 0.409. The highest BCUT2D eigenvalue weighted by atomic mass is 32.2. The Labute approximate surface area is 208 Å². The molecule has 0 saturated carbocycles. The van der Waals surface area contributed by atoms with Gasteiger partial charge in [-0.15, -0.1) is 0 Å². The number of ether oxygens (including phenoxy) is 1. The molecule has 0 spiro atoms. The van der Waals surface area contributed by atoms with Gasteiger partial charge in [-0.2, -0.15) is 0 Å². The number of carbonyl (C=O) groups excluding carboxylic acids is 1. The summed E-state index contributed by atoms with van der Waals surface area (Å²) in [5, 5.41) is 9.68. The van der Waals surface area contributed by atoms with Gasteiger partial charge in [-0.25, -0.2) is 26.3 Å². The van der Waals surface area contributed by atoms with E-state index in [1.165, 1.54) is 7.05 Å². The van der Waals surface area contributed by atoms with Crippen molar-refractivity contribution in [1.82, 2.24) is 9.44 Å². The van der Waals surface area contributed by atoms with Gasteiger partial charge >= 0.3 is 0 Å². The summed E-state index contributed by atoms with van der Waals surface area (Å²) in [4.78, 5) is 12.4. The van der Waals surface area contributed by atoms with Crippen molar-refractivity contribution >= 4 is 26.0 Å². The molecule has 0 unspecified atom stereocenters. The highest BCUT2D eigenvalue weighted by Gasteiger charge is 2.25. The molecular weight excluding hydrogens is 492 g/mol. The Bertz CT molecular complexity index is 1260. The van der Waals surface area contributed by atoms with Gasteiger partial charge in [-0.05, 0) is 64.9 Å². The number of hydrogen-bond acceptors (Lipinski definition) is 7. The van der Waals surface area contributed by atoms with Crippen LogP contribution in [0.5, 0.6) is 0 Å². The molecule has 11 heteroatoms. The minimum atomic E-state index is -4.37. The van der Waals surface area contributed by atoms with Crippen LogP contribution in [0, 0.1) is 0 Å². The first-order valence-corrected chi connectivity index (χ1v) is 14.1. The maximum absolute atomic E-state index is 13.0. The number of rotatable bonds is 11. The van der Waals surface area contributed by atoms with Gasteiger partial charge < -0.3 is 9.84 Å². The third-order valence-electron chi connectivity index (χ3n) is 5.59. The van der Waals surface area contributed by atoms with Crippen LogP contribution < -0.4 is 9.44 Å². The van der Waals surface area contributed by atoms with E-state index >= 15 is 0 Å². The molecule has 0 bridgehead atoms. The topological polar surface area (TPSA) is 139 Å². The van der Waals surface area contributed by atoms with Crippen molar-refractivity contribution in [1.29, 1.82) is 0 Å². The van der Waals surface area contributed by atoms with E-state index in [1.807, 2.05) is 39.8 Å². The minimum absolute atomic E-state index is 0.0892. The second-order valence-corrected chi connectivity index (χ2v) is 12.4. The lowest BCUT2D eigenvalue weighted by Crippen LogP contribution is -2.33. The van der Waals surface area contributed by atoms with E-state index in [9.17, 15) is 26.7 Å². The number of aliphatic hydroxyl groups is 1. The van der Waals surface area contributed by atoms with Gasteiger partial charge in [0, 0.05) is 7.11 Å². The summed E-state index contributed by atoms with van der Waals surface area (Å²) in [5.74, 6) is -0.554. The van der Waals surface area contributed by atoms with Gasteiger partial charge in [0.25, 0.3) is 10.0 Å². The van der Waals surface area contributed by atoms with Crippen LogP contribution in [0.2, 0.25) is 0 Å². The SMILES string of the molecule is CNS(=O)(=O)c1ccc(S(=O)(=O)NC(=O)Cc2c(C(C)C)cc(COC)cc2C(C)C)c(CO)c1. The molecule has 0 aliphatic rings. The Hall–Kier alpha value is -2.31. The predicted molar refractivity (Wildman–Crippen MR) is 133 cm³/mol. The monoisotopic (exact) mass is 526 g/mol. The molecular formula is C24H34N2O7S2. The van der Waals surface area contributed by atoms with Crippen LogP contribution in [0.3, 0.4) is 0 Å². The Balaban J connectivity index is 2.44. The van der Waals surface area contributed by atoms with Crippen LogP contribution in [-0.4, -0.2) is 42.0 Å². The number of benzene rings is 2. The third kappa shape index (κ3) is 6.89. The van der Waals surface area contributed by atoms with Crippen LogP contribution in [0.4, 0.5) is 0 Å². The van der Waals surface area contributed by atoms with Crippen LogP contribution in [0.15, 0.2) is 40.1 Å². The first-order chi connectivity index (χ1) is 16.3.